The molecule has 1 fully saturated rings. The second-order valence-electron chi connectivity index (χ2n) is 4.69. The zero-order valence-electron chi connectivity index (χ0n) is 8.83. The number of nitrogens with one attached hydrogen (secondary N) is 1. The number of carboxylic acids is 1. The summed E-state index contributed by atoms with van der Waals surface area (Å²) in [6, 6.07) is 0. The number of aliphatic carboxylic acids is 1. The number of carbonyl (C=O) groups is 2. The Labute approximate surface area is 83.7 Å². The predicted molar refractivity (Wildman–Crippen MR) is 51.7 cm³/mol. The molecule has 0 heterocycles. The number of amides is 1. The zero-order chi connectivity index (χ0) is 10.9. The second kappa shape index (κ2) is 3.59. The Hall–Kier alpha value is -1.06. The topological polar surface area (TPSA) is 66.4 Å². The molecule has 0 aliphatic heterocycles. The van der Waals surface area contributed by atoms with Gasteiger partial charge in [0.15, 0.2) is 0 Å². The maximum atomic E-state index is 11.5. The molecule has 1 aliphatic rings. The highest BCUT2D eigenvalue weighted by Gasteiger charge is 2.36. The maximum absolute atomic E-state index is 11.5. The van der Waals surface area contributed by atoms with Crippen LogP contribution < -0.4 is 5.32 Å². The molecule has 4 heteroatoms. The van der Waals surface area contributed by atoms with Crippen LogP contribution in [0.25, 0.3) is 0 Å². The van der Waals surface area contributed by atoms with E-state index in [1.54, 1.807) is 0 Å². The van der Waals surface area contributed by atoms with Gasteiger partial charge in [0.2, 0.25) is 5.91 Å². The van der Waals surface area contributed by atoms with Gasteiger partial charge in [-0.2, -0.15) is 0 Å². The standard InChI is InChI=1S/C10H17NO3/c1-6-4-7(5-6)8(12)11-10(2,3)9(13)14/h6-7H,4-5H2,1-3H3,(H,11,12)(H,13,14). The van der Waals surface area contributed by atoms with Gasteiger partial charge in [0, 0.05) is 5.92 Å². The Bertz CT molecular complexity index is 254. The third kappa shape index (κ3) is 2.25. The summed E-state index contributed by atoms with van der Waals surface area (Å²) in [7, 11) is 0. The molecule has 2 N–H and O–H groups in total. The molecule has 14 heavy (non-hydrogen) atoms. The molecule has 1 aliphatic carbocycles. The van der Waals surface area contributed by atoms with Crippen LogP contribution in [0.3, 0.4) is 0 Å². The third-order valence-electron chi connectivity index (χ3n) is 2.71. The number of carbonyl (C=O) groups excluding carboxylic acids is 1. The van der Waals surface area contributed by atoms with Gasteiger partial charge in [0.1, 0.15) is 5.54 Å². The first-order chi connectivity index (χ1) is 6.33. The highest BCUT2D eigenvalue weighted by Crippen LogP contribution is 2.33. The van der Waals surface area contributed by atoms with E-state index in [1.807, 2.05) is 0 Å². The van der Waals surface area contributed by atoms with Crippen molar-refractivity contribution in [1.29, 1.82) is 0 Å². The van der Waals surface area contributed by atoms with Crippen molar-refractivity contribution in [3.05, 3.63) is 0 Å². The first-order valence-electron chi connectivity index (χ1n) is 4.88. The molecule has 0 atom stereocenters. The average Bonchev–Trinajstić information content (AvgIpc) is 1.97. The minimum absolute atomic E-state index is 0.0172. The van der Waals surface area contributed by atoms with Gasteiger partial charge in [-0.05, 0) is 32.6 Å². The van der Waals surface area contributed by atoms with Crippen molar-refractivity contribution in [3.8, 4) is 0 Å². The van der Waals surface area contributed by atoms with Gasteiger partial charge >= 0.3 is 5.97 Å². The maximum Gasteiger partial charge on any atom is 0.328 e. The molecule has 0 bridgehead atoms. The fraction of sp³-hybridized carbons (Fsp3) is 0.800. The predicted octanol–water partition coefficient (Wildman–Crippen LogP) is 1.01. The fourth-order valence-corrected chi connectivity index (χ4v) is 1.58. The fourth-order valence-electron chi connectivity index (χ4n) is 1.58. The van der Waals surface area contributed by atoms with E-state index in [4.69, 9.17) is 5.11 Å². The van der Waals surface area contributed by atoms with E-state index in [0.717, 1.165) is 12.8 Å². The Kier molecular flexibility index (Phi) is 2.83. The van der Waals surface area contributed by atoms with Crippen molar-refractivity contribution < 1.29 is 14.7 Å². The molecule has 80 valence electrons. The van der Waals surface area contributed by atoms with Crippen molar-refractivity contribution in [2.75, 3.05) is 0 Å². The van der Waals surface area contributed by atoms with E-state index in [1.165, 1.54) is 13.8 Å². The quantitative estimate of drug-likeness (QED) is 0.713. The lowest BCUT2D eigenvalue weighted by atomic mass is 9.75. The number of hydrogen-bond donors (Lipinski definition) is 2. The van der Waals surface area contributed by atoms with E-state index in [2.05, 4.69) is 12.2 Å². The lowest BCUT2D eigenvalue weighted by molar-refractivity contribution is -0.147. The third-order valence-corrected chi connectivity index (χ3v) is 2.71. The van der Waals surface area contributed by atoms with E-state index >= 15 is 0 Å². The Balaban J connectivity index is 2.45. The van der Waals surface area contributed by atoms with Gasteiger partial charge in [-0.1, -0.05) is 6.92 Å². The van der Waals surface area contributed by atoms with Gasteiger partial charge < -0.3 is 10.4 Å². The van der Waals surface area contributed by atoms with Gasteiger partial charge in [-0.25, -0.2) is 4.79 Å². The van der Waals surface area contributed by atoms with Crippen LogP contribution in [0.2, 0.25) is 0 Å². The molecule has 1 saturated carbocycles. The van der Waals surface area contributed by atoms with Crippen molar-refractivity contribution in [1.82, 2.24) is 5.32 Å². The first-order valence-corrected chi connectivity index (χ1v) is 4.88. The molecule has 1 rings (SSSR count). The van der Waals surface area contributed by atoms with Crippen LogP contribution in [0.15, 0.2) is 0 Å². The smallest absolute Gasteiger partial charge is 0.328 e. The van der Waals surface area contributed by atoms with E-state index in [0.29, 0.717) is 5.92 Å². The summed E-state index contributed by atoms with van der Waals surface area (Å²) in [6.45, 7) is 5.08. The molecule has 0 aromatic heterocycles. The molecule has 0 unspecified atom stereocenters. The van der Waals surface area contributed by atoms with E-state index < -0.39 is 11.5 Å². The Morgan fingerprint density at radius 1 is 1.36 bits per heavy atom. The number of carboxylic acid groups (broad SMARTS) is 1. The van der Waals surface area contributed by atoms with E-state index in [-0.39, 0.29) is 11.8 Å². The molecular formula is C10H17NO3. The van der Waals surface area contributed by atoms with Crippen LogP contribution in [-0.4, -0.2) is 22.5 Å². The molecule has 0 radical (unpaired) electrons. The summed E-state index contributed by atoms with van der Waals surface area (Å²) >= 11 is 0. The second-order valence-corrected chi connectivity index (χ2v) is 4.69. The highest BCUT2D eigenvalue weighted by atomic mass is 16.4. The Morgan fingerprint density at radius 3 is 2.21 bits per heavy atom. The first kappa shape index (κ1) is 11.0. The molecule has 0 aromatic rings. The average molecular weight is 199 g/mol. The molecule has 0 aromatic carbocycles. The lowest BCUT2D eigenvalue weighted by Crippen LogP contribution is -2.53. The van der Waals surface area contributed by atoms with Gasteiger partial charge in [-0.3, -0.25) is 4.79 Å². The van der Waals surface area contributed by atoms with Crippen LogP contribution >= 0.6 is 0 Å². The monoisotopic (exact) mass is 199 g/mol. The van der Waals surface area contributed by atoms with Gasteiger partial charge in [0.05, 0.1) is 0 Å². The van der Waals surface area contributed by atoms with Crippen molar-refractivity contribution in [2.24, 2.45) is 11.8 Å². The van der Waals surface area contributed by atoms with Crippen LogP contribution in [0.1, 0.15) is 33.6 Å². The lowest BCUT2D eigenvalue weighted by Gasteiger charge is -2.33. The zero-order valence-corrected chi connectivity index (χ0v) is 8.83. The summed E-state index contributed by atoms with van der Waals surface area (Å²) in [6.07, 6.45) is 1.75. The minimum atomic E-state index is -1.16. The van der Waals surface area contributed by atoms with Gasteiger partial charge in [-0.15, -0.1) is 0 Å². The largest absolute Gasteiger partial charge is 0.480 e. The summed E-state index contributed by atoms with van der Waals surface area (Å²) < 4.78 is 0. The van der Waals surface area contributed by atoms with Crippen molar-refractivity contribution in [2.45, 2.75) is 39.2 Å². The van der Waals surface area contributed by atoms with Crippen LogP contribution in [-0.2, 0) is 9.59 Å². The molecular weight excluding hydrogens is 182 g/mol. The molecule has 0 saturated heterocycles. The summed E-state index contributed by atoms with van der Waals surface area (Å²) in [5.74, 6) is -0.518. The van der Waals surface area contributed by atoms with Crippen LogP contribution in [0.4, 0.5) is 0 Å². The highest BCUT2D eigenvalue weighted by molar-refractivity contribution is 5.87. The van der Waals surface area contributed by atoms with Crippen molar-refractivity contribution in [3.63, 3.8) is 0 Å². The normalized spacial score (nSPS) is 26.5. The van der Waals surface area contributed by atoms with E-state index in [9.17, 15) is 9.59 Å². The molecule has 1 amide bonds. The number of hydrogen-bond acceptors (Lipinski definition) is 2. The van der Waals surface area contributed by atoms with Crippen LogP contribution in [0, 0.1) is 11.8 Å². The van der Waals surface area contributed by atoms with Crippen LogP contribution in [0.5, 0.6) is 0 Å². The summed E-state index contributed by atoms with van der Waals surface area (Å²) in [5, 5.41) is 11.3. The Morgan fingerprint density at radius 2 is 1.86 bits per heavy atom. The molecule has 4 nitrogen and oxygen atoms in total. The summed E-state index contributed by atoms with van der Waals surface area (Å²) in [4.78, 5) is 22.3. The van der Waals surface area contributed by atoms with Crippen molar-refractivity contribution >= 4 is 11.9 Å². The van der Waals surface area contributed by atoms with Gasteiger partial charge in [0.25, 0.3) is 0 Å². The number of rotatable bonds is 3. The SMILES string of the molecule is CC1CC(C(=O)NC(C)(C)C(=O)O)C1. The minimum Gasteiger partial charge on any atom is -0.480 e. The molecule has 0 spiro atoms. The summed E-state index contributed by atoms with van der Waals surface area (Å²) in [5.41, 5.74) is -1.16.